The van der Waals surface area contributed by atoms with Gasteiger partial charge in [-0.2, -0.15) is 0 Å². The summed E-state index contributed by atoms with van der Waals surface area (Å²) in [4.78, 5) is 41.5. The highest BCUT2D eigenvalue weighted by molar-refractivity contribution is 7.14. The lowest BCUT2D eigenvalue weighted by Gasteiger charge is -2.22. The minimum Gasteiger partial charge on any atom is -0.458 e. The third-order valence-electron chi connectivity index (χ3n) is 5.53. The summed E-state index contributed by atoms with van der Waals surface area (Å²) in [5.41, 5.74) is 1.21. The highest BCUT2D eigenvalue weighted by atomic mass is 32.1. The Hall–Kier alpha value is -3.73. The van der Waals surface area contributed by atoms with Crippen molar-refractivity contribution in [3.8, 4) is 11.5 Å². The van der Waals surface area contributed by atoms with E-state index in [2.05, 4.69) is 15.6 Å². The van der Waals surface area contributed by atoms with E-state index in [1.54, 1.807) is 29.6 Å². The van der Waals surface area contributed by atoms with Gasteiger partial charge in [-0.15, -0.1) is 11.3 Å². The second-order valence-electron chi connectivity index (χ2n) is 8.03. The maximum absolute atomic E-state index is 12.8. The summed E-state index contributed by atoms with van der Waals surface area (Å²) in [6.45, 7) is 3.24. The zero-order chi connectivity index (χ0) is 24.1. The van der Waals surface area contributed by atoms with Crippen LogP contribution in [0, 0.1) is 10.1 Å². The van der Waals surface area contributed by atoms with Crippen molar-refractivity contribution in [1.82, 2.24) is 10.3 Å². The van der Waals surface area contributed by atoms with Gasteiger partial charge in [0.25, 0.3) is 11.6 Å². The molecule has 2 aromatic heterocycles. The van der Waals surface area contributed by atoms with Crippen LogP contribution in [0.15, 0.2) is 40.1 Å². The number of amides is 2. The monoisotopic (exact) mass is 483 g/mol. The van der Waals surface area contributed by atoms with E-state index in [9.17, 15) is 19.7 Å². The molecule has 34 heavy (non-hydrogen) atoms. The van der Waals surface area contributed by atoms with Crippen LogP contribution in [-0.4, -0.2) is 34.8 Å². The molecule has 4 rings (SSSR count). The highest BCUT2D eigenvalue weighted by Gasteiger charge is 2.23. The molecule has 1 aliphatic rings. The molecule has 1 aliphatic heterocycles. The topological polar surface area (TPSA) is 131 Å². The molecule has 1 saturated heterocycles. The molecular formula is C23H25N5O5S. The summed E-state index contributed by atoms with van der Waals surface area (Å²) in [7, 11) is 0. The predicted molar refractivity (Wildman–Crippen MR) is 129 cm³/mol. The number of benzene rings is 1. The molecule has 0 radical (unpaired) electrons. The van der Waals surface area contributed by atoms with Crippen LogP contribution in [0.3, 0.4) is 0 Å². The lowest BCUT2D eigenvalue weighted by Crippen LogP contribution is -2.25. The molecule has 0 atom stereocenters. The van der Waals surface area contributed by atoms with Crippen LogP contribution < -0.4 is 15.5 Å². The molecule has 2 N–H and O–H groups in total. The van der Waals surface area contributed by atoms with Gasteiger partial charge in [0.2, 0.25) is 5.91 Å². The minimum absolute atomic E-state index is 0.0725. The summed E-state index contributed by atoms with van der Waals surface area (Å²) in [5.74, 6) is 0.462. The third-order valence-corrected chi connectivity index (χ3v) is 6.29. The van der Waals surface area contributed by atoms with Crippen LogP contribution in [0.25, 0.3) is 11.5 Å². The number of rotatable bonds is 7. The Morgan fingerprint density at radius 2 is 1.94 bits per heavy atom. The van der Waals surface area contributed by atoms with Gasteiger partial charge in [-0.05, 0) is 37.1 Å². The first kappa shape index (κ1) is 23.4. The van der Waals surface area contributed by atoms with Gasteiger partial charge in [-0.25, -0.2) is 4.98 Å². The number of anilines is 2. The van der Waals surface area contributed by atoms with Gasteiger partial charge in [0.05, 0.1) is 11.5 Å². The van der Waals surface area contributed by atoms with Gasteiger partial charge in [0.1, 0.15) is 17.1 Å². The molecule has 0 aliphatic carbocycles. The maximum atomic E-state index is 12.8. The molecule has 1 fully saturated rings. The number of carbonyl (C=O) groups excluding carboxylic acids is 2. The molecule has 0 bridgehead atoms. The van der Waals surface area contributed by atoms with E-state index >= 15 is 0 Å². The first-order valence-electron chi connectivity index (χ1n) is 11.0. The number of furan rings is 1. The summed E-state index contributed by atoms with van der Waals surface area (Å²) < 4.78 is 5.68. The first-order chi connectivity index (χ1) is 16.4. The fraction of sp³-hybridized carbons (Fsp3) is 0.348. The molecule has 3 heterocycles. The Labute approximate surface area is 200 Å². The van der Waals surface area contributed by atoms with Gasteiger partial charge >= 0.3 is 0 Å². The SMILES string of the molecule is CC(=O)NCc1ccc(-c2csc(NC(=O)c3ccc(N4CCCCCC4)c([N+](=O)[O-])c3)n2)o1. The van der Waals surface area contributed by atoms with E-state index in [1.165, 1.54) is 24.3 Å². The standard InChI is InChI=1S/C23H25N5O5S/c1-15(29)24-13-17-7-9-21(33-17)18-14-34-23(25-18)26-22(30)16-6-8-19(20(12-16)28(31)32)27-10-4-2-3-5-11-27/h6-9,12,14H,2-5,10-11,13H2,1H3,(H,24,29)(H,25,26,30). The van der Waals surface area contributed by atoms with Gasteiger partial charge in [0.15, 0.2) is 10.9 Å². The Balaban J connectivity index is 1.47. The highest BCUT2D eigenvalue weighted by Crippen LogP contribution is 2.32. The van der Waals surface area contributed by atoms with Crippen molar-refractivity contribution in [2.24, 2.45) is 0 Å². The third kappa shape index (κ3) is 5.60. The van der Waals surface area contributed by atoms with E-state index in [0.717, 1.165) is 38.8 Å². The number of nitro groups is 1. The van der Waals surface area contributed by atoms with Crippen LogP contribution in [0.1, 0.15) is 48.7 Å². The van der Waals surface area contributed by atoms with Crippen molar-refractivity contribution in [2.75, 3.05) is 23.3 Å². The largest absolute Gasteiger partial charge is 0.458 e. The number of nitro benzene ring substituents is 1. The van der Waals surface area contributed by atoms with Crippen molar-refractivity contribution in [2.45, 2.75) is 39.2 Å². The first-order valence-corrected chi connectivity index (χ1v) is 11.9. The molecular weight excluding hydrogens is 458 g/mol. The molecule has 3 aromatic rings. The van der Waals surface area contributed by atoms with Crippen molar-refractivity contribution in [3.05, 3.63) is 57.1 Å². The number of carbonyl (C=O) groups is 2. The Kier molecular flexibility index (Phi) is 7.21. The Morgan fingerprint density at radius 1 is 1.18 bits per heavy atom. The van der Waals surface area contributed by atoms with Gasteiger partial charge in [-0.1, -0.05) is 12.8 Å². The molecule has 0 spiro atoms. The normalized spacial score (nSPS) is 13.9. The number of hydrogen-bond acceptors (Lipinski definition) is 8. The summed E-state index contributed by atoms with van der Waals surface area (Å²) in [6.07, 6.45) is 4.23. The zero-order valence-electron chi connectivity index (χ0n) is 18.7. The van der Waals surface area contributed by atoms with Crippen molar-refractivity contribution < 1.29 is 18.9 Å². The average molecular weight is 484 g/mol. The molecule has 10 nitrogen and oxygen atoms in total. The number of aromatic nitrogens is 1. The van der Waals surface area contributed by atoms with E-state index in [0.29, 0.717) is 28.0 Å². The molecule has 11 heteroatoms. The summed E-state index contributed by atoms with van der Waals surface area (Å²) >= 11 is 1.22. The number of thiazole rings is 1. The predicted octanol–water partition coefficient (Wildman–Crippen LogP) is 4.58. The maximum Gasteiger partial charge on any atom is 0.293 e. The smallest absolute Gasteiger partial charge is 0.293 e. The average Bonchev–Trinajstić information content (AvgIpc) is 3.39. The van der Waals surface area contributed by atoms with Crippen LogP contribution in [0.2, 0.25) is 0 Å². The lowest BCUT2D eigenvalue weighted by atomic mass is 10.1. The van der Waals surface area contributed by atoms with Gasteiger partial charge in [0, 0.05) is 37.0 Å². The van der Waals surface area contributed by atoms with Crippen LogP contribution >= 0.6 is 11.3 Å². The second-order valence-corrected chi connectivity index (χ2v) is 8.89. The second kappa shape index (κ2) is 10.5. The Morgan fingerprint density at radius 3 is 2.65 bits per heavy atom. The number of nitrogens with one attached hydrogen (secondary N) is 2. The van der Waals surface area contributed by atoms with E-state index in [4.69, 9.17) is 4.42 Å². The molecule has 1 aromatic carbocycles. The van der Waals surface area contributed by atoms with E-state index < -0.39 is 10.8 Å². The van der Waals surface area contributed by atoms with Crippen molar-refractivity contribution in [1.29, 1.82) is 0 Å². The molecule has 0 saturated carbocycles. The van der Waals surface area contributed by atoms with Gasteiger partial charge < -0.3 is 14.6 Å². The zero-order valence-corrected chi connectivity index (χ0v) is 19.5. The minimum atomic E-state index is -0.475. The van der Waals surface area contributed by atoms with Crippen LogP contribution in [-0.2, 0) is 11.3 Å². The van der Waals surface area contributed by atoms with Crippen molar-refractivity contribution in [3.63, 3.8) is 0 Å². The number of nitrogens with zero attached hydrogens (tertiary/aromatic N) is 3. The van der Waals surface area contributed by atoms with Crippen molar-refractivity contribution >= 4 is 39.7 Å². The summed E-state index contributed by atoms with van der Waals surface area (Å²) in [6, 6.07) is 8.07. The van der Waals surface area contributed by atoms with Crippen LogP contribution in [0.4, 0.5) is 16.5 Å². The van der Waals surface area contributed by atoms with Crippen LogP contribution in [0.5, 0.6) is 0 Å². The van der Waals surface area contributed by atoms with E-state index in [-0.39, 0.29) is 23.7 Å². The van der Waals surface area contributed by atoms with Gasteiger partial charge in [-0.3, -0.25) is 25.0 Å². The molecule has 0 unspecified atom stereocenters. The fourth-order valence-electron chi connectivity index (χ4n) is 3.83. The lowest BCUT2D eigenvalue weighted by molar-refractivity contribution is -0.384. The molecule has 2 amide bonds. The van der Waals surface area contributed by atoms with E-state index in [1.807, 2.05) is 4.90 Å². The summed E-state index contributed by atoms with van der Waals surface area (Å²) in [5, 5.41) is 19.2. The Bertz CT molecular complexity index is 1200. The number of hydrogen-bond donors (Lipinski definition) is 2. The quantitative estimate of drug-likeness (QED) is 0.371. The fourth-order valence-corrected chi connectivity index (χ4v) is 4.52. The molecule has 178 valence electrons.